The lowest BCUT2D eigenvalue weighted by Gasteiger charge is -2.21. The molecule has 0 fully saturated rings. The molecule has 7 nitrogen and oxygen atoms in total. The van der Waals surface area contributed by atoms with Gasteiger partial charge in [0.1, 0.15) is 18.7 Å². The molecule has 1 aliphatic rings. The minimum absolute atomic E-state index is 0.0791. The third-order valence-electron chi connectivity index (χ3n) is 5.75. The maximum atomic E-state index is 12.7. The Hall–Kier alpha value is -3.00. The fourth-order valence-electron chi connectivity index (χ4n) is 4.11. The van der Waals surface area contributed by atoms with Gasteiger partial charge in [-0.25, -0.2) is 9.59 Å². The smallest absolute Gasteiger partial charge is 0.407 e. The molecule has 1 unspecified atom stereocenters. The molecule has 33 heavy (non-hydrogen) atoms. The van der Waals surface area contributed by atoms with Gasteiger partial charge in [-0.1, -0.05) is 61.9 Å². The van der Waals surface area contributed by atoms with Crippen LogP contribution in [-0.2, 0) is 14.3 Å². The summed E-state index contributed by atoms with van der Waals surface area (Å²) in [7, 11) is 0. The number of hydrogen-bond donors (Lipinski definition) is 3. The van der Waals surface area contributed by atoms with Gasteiger partial charge in [0.2, 0.25) is 5.91 Å². The highest BCUT2D eigenvalue weighted by Crippen LogP contribution is 2.44. The number of alkyl carbamates (subject to hydrolysis) is 1. The van der Waals surface area contributed by atoms with E-state index in [1.54, 1.807) is 0 Å². The highest BCUT2D eigenvalue weighted by Gasteiger charge is 2.30. The van der Waals surface area contributed by atoms with Crippen molar-refractivity contribution in [3.8, 4) is 11.1 Å². The first-order valence-corrected chi connectivity index (χ1v) is 12.5. The Kier molecular flexibility index (Phi) is 8.77. The standard InChI is InChI=1S/C25H30N2O5S/c1-3-8-21(23(28)26-22(24(29)30)13-14-33-2)27-25(31)32-15-20-18-11-6-4-9-16(18)17-10-5-7-12-19(17)20/h4-7,9-12,20-22H,3,8,13-15H2,1-2H3,(H,26,28)(H,27,31)(H,29,30)/t21?,22-/m0/s1. The van der Waals surface area contributed by atoms with E-state index in [1.165, 1.54) is 11.8 Å². The average molecular weight is 471 g/mol. The van der Waals surface area contributed by atoms with Crippen LogP contribution in [0, 0.1) is 0 Å². The van der Waals surface area contributed by atoms with Crippen molar-refractivity contribution in [2.24, 2.45) is 0 Å². The zero-order chi connectivity index (χ0) is 23.8. The van der Waals surface area contributed by atoms with Gasteiger partial charge in [-0.2, -0.15) is 11.8 Å². The fourth-order valence-corrected chi connectivity index (χ4v) is 4.58. The number of carbonyl (C=O) groups is 3. The molecule has 2 aromatic rings. The van der Waals surface area contributed by atoms with Crippen molar-refractivity contribution < 1.29 is 24.2 Å². The Balaban J connectivity index is 1.62. The van der Waals surface area contributed by atoms with Crippen LogP contribution in [0.15, 0.2) is 48.5 Å². The Morgan fingerprint density at radius 2 is 1.58 bits per heavy atom. The zero-order valence-corrected chi connectivity index (χ0v) is 19.7. The van der Waals surface area contributed by atoms with Gasteiger partial charge >= 0.3 is 12.1 Å². The molecule has 1 aliphatic carbocycles. The number of hydrogen-bond acceptors (Lipinski definition) is 5. The van der Waals surface area contributed by atoms with E-state index >= 15 is 0 Å². The number of thioether (sulfide) groups is 1. The number of fused-ring (bicyclic) bond motifs is 3. The number of benzene rings is 2. The second-order valence-electron chi connectivity index (χ2n) is 7.99. The Bertz CT molecular complexity index is 951. The molecule has 0 radical (unpaired) electrons. The summed E-state index contributed by atoms with van der Waals surface area (Å²) < 4.78 is 5.53. The lowest BCUT2D eigenvalue weighted by atomic mass is 9.98. The summed E-state index contributed by atoms with van der Waals surface area (Å²) in [6.45, 7) is 2.04. The molecule has 0 aromatic heterocycles. The van der Waals surface area contributed by atoms with Crippen LogP contribution in [0.1, 0.15) is 43.2 Å². The Morgan fingerprint density at radius 1 is 0.970 bits per heavy atom. The molecular formula is C25H30N2O5S. The van der Waals surface area contributed by atoms with Crippen molar-refractivity contribution in [3.05, 3.63) is 59.7 Å². The van der Waals surface area contributed by atoms with E-state index in [-0.39, 0.29) is 12.5 Å². The number of nitrogens with one attached hydrogen (secondary N) is 2. The van der Waals surface area contributed by atoms with E-state index < -0.39 is 30.1 Å². The largest absolute Gasteiger partial charge is 0.480 e. The molecule has 0 heterocycles. The van der Waals surface area contributed by atoms with Gasteiger partial charge in [0.25, 0.3) is 0 Å². The monoisotopic (exact) mass is 470 g/mol. The molecule has 2 amide bonds. The molecule has 176 valence electrons. The first kappa shape index (κ1) is 24.6. The molecule has 3 N–H and O–H groups in total. The molecule has 3 rings (SSSR count). The average Bonchev–Trinajstić information content (AvgIpc) is 3.13. The molecular weight excluding hydrogens is 440 g/mol. The fraction of sp³-hybridized carbons (Fsp3) is 0.400. The topological polar surface area (TPSA) is 105 Å². The molecule has 2 aromatic carbocycles. The zero-order valence-electron chi connectivity index (χ0n) is 18.9. The third kappa shape index (κ3) is 6.07. The second kappa shape index (κ2) is 11.7. The van der Waals surface area contributed by atoms with Crippen LogP contribution in [0.3, 0.4) is 0 Å². The van der Waals surface area contributed by atoms with Crippen LogP contribution in [0.4, 0.5) is 4.79 Å². The van der Waals surface area contributed by atoms with Gasteiger partial charge in [-0.3, -0.25) is 4.79 Å². The van der Waals surface area contributed by atoms with Crippen LogP contribution >= 0.6 is 11.8 Å². The minimum Gasteiger partial charge on any atom is -0.480 e. The predicted molar refractivity (Wildman–Crippen MR) is 129 cm³/mol. The first-order chi connectivity index (χ1) is 16.0. The maximum absolute atomic E-state index is 12.7. The normalized spacial score (nSPS) is 14.0. The summed E-state index contributed by atoms with van der Waals surface area (Å²) in [5.41, 5.74) is 4.48. The lowest BCUT2D eigenvalue weighted by Crippen LogP contribution is -2.51. The molecule has 2 atom stereocenters. The molecule has 0 bridgehead atoms. The van der Waals surface area contributed by atoms with E-state index in [2.05, 4.69) is 22.8 Å². The third-order valence-corrected chi connectivity index (χ3v) is 6.40. The highest BCUT2D eigenvalue weighted by atomic mass is 32.2. The summed E-state index contributed by atoms with van der Waals surface area (Å²) in [6, 6.07) is 14.3. The number of carboxylic acids is 1. The van der Waals surface area contributed by atoms with Crippen molar-refractivity contribution in [2.45, 2.75) is 44.2 Å². The quantitative estimate of drug-likeness (QED) is 0.458. The number of ether oxygens (including phenoxy) is 1. The van der Waals surface area contributed by atoms with Crippen LogP contribution < -0.4 is 10.6 Å². The van der Waals surface area contributed by atoms with E-state index in [9.17, 15) is 19.5 Å². The number of carbonyl (C=O) groups excluding carboxylic acids is 2. The molecule has 0 aliphatic heterocycles. The van der Waals surface area contributed by atoms with Gasteiger partial charge in [0, 0.05) is 5.92 Å². The maximum Gasteiger partial charge on any atom is 0.407 e. The Labute approximate surface area is 198 Å². The van der Waals surface area contributed by atoms with Crippen LogP contribution in [0.5, 0.6) is 0 Å². The van der Waals surface area contributed by atoms with E-state index in [4.69, 9.17) is 4.74 Å². The summed E-state index contributed by atoms with van der Waals surface area (Å²) >= 11 is 1.51. The van der Waals surface area contributed by atoms with Crippen LogP contribution in [-0.4, -0.2) is 53.8 Å². The van der Waals surface area contributed by atoms with Crippen molar-refractivity contribution in [1.29, 1.82) is 0 Å². The van der Waals surface area contributed by atoms with Gasteiger partial charge in [-0.05, 0) is 47.1 Å². The predicted octanol–water partition coefficient (Wildman–Crippen LogP) is 4.02. The molecule has 0 saturated heterocycles. The van der Waals surface area contributed by atoms with Crippen LogP contribution in [0.2, 0.25) is 0 Å². The van der Waals surface area contributed by atoms with E-state index in [0.29, 0.717) is 25.0 Å². The van der Waals surface area contributed by atoms with Crippen LogP contribution in [0.25, 0.3) is 11.1 Å². The summed E-state index contributed by atoms with van der Waals surface area (Å²) in [5.74, 6) is -1.08. The second-order valence-corrected chi connectivity index (χ2v) is 8.98. The Morgan fingerprint density at radius 3 is 2.12 bits per heavy atom. The molecule has 0 spiro atoms. The summed E-state index contributed by atoms with van der Waals surface area (Å²) in [4.78, 5) is 36.7. The van der Waals surface area contributed by atoms with Crippen molar-refractivity contribution in [2.75, 3.05) is 18.6 Å². The van der Waals surface area contributed by atoms with Crippen molar-refractivity contribution in [3.63, 3.8) is 0 Å². The molecule has 0 saturated carbocycles. The number of amides is 2. The van der Waals surface area contributed by atoms with Crippen molar-refractivity contribution in [1.82, 2.24) is 10.6 Å². The van der Waals surface area contributed by atoms with Gasteiger partial charge in [0.05, 0.1) is 0 Å². The molecule has 8 heteroatoms. The number of rotatable bonds is 11. The van der Waals surface area contributed by atoms with Gasteiger partial charge in [0.15, 0.2) is 0 Å². The van der Waals surface area contributed by atoms with Gasteiger partial charge in [-0.15, -0.1) is 0 Å². The van der Waals surface area contributed by atoms with E-state index in [0.717, 1.165) is 22.3 Å². The first-order valence-electron chi connectivity index (χ1n) is 11.1. The number of aliphatic carboxylic acids is 1. The lowest BCUT2D eigenvalue weighted by molar-refractivity contribution is -0.142. The van der Waals surface area contributed by atoms with Crippen molar-refractivity contribution >= 4 is 29.7 Å². The highest BCUT2D eigenvalue weighted by molar-refractivity contribution is 7.98. The van der Waals surface area contributed by atoms with E-state index in [1.807, 2.05) is 49.6 Å². The SMILES string of the molecule is CCCC(NC(=O)OCC1c2ccccc2-c2ccccc21)C(=O)N[C@@H](CCSC)C(=O)O. The minimum atomic E-state index is -1.09. The summed E-state index contributed by atoms with van der Waals surface area (Å²) in [6.07, 6.45) is 2.52. The number of carboxylic acid groups (broad SMARTS) is 1. The van der Waals surface area contributed by atoms with Gasteiger partial charge < -0.3 is 20.5 Å². The summed E-state index contributed by atoms with van der Waals surface area (Å²) in [5, 5.41) is 14.5.